The van der Waals surface area contributed by atoms with E-state index in [0.29, 0.717) is 10.7 Å². The Bertz CT molecular complexity index is 1380. The van der Waals surface area contributed by atoms with Crippen LogP contribution in [0.3, 0.4) is 0 Å². The lowest BCUT2D eigenvalue weighted by molar-refractivity contribution is 0.0950. The van der Waals surface area contributed by atoms with Crippen LogP contribution < -0.4 is 9.62 Å². The number of nitrogens with zero attached hydrogens (tertiary/aromatic N) is 2. The Hall–Kier alpha value is -3.68. The molecule has 0 aliphatic rings. The third-order valence-corrected chi connectivity index (χ3v) is 7.23. The van der Waals surface area contributed by atoms with Crippen LogP contribution in [0.2, 0.25) is 5.02 Å². The van der Waals surface area contributed by atoms with Crippen LogP contribution in [0.1, 0.15) is 21.5 Å². The number of halogens is 1. The summed E-state index contributed by atoms with van der Waals surface area (Å²) in [5, 5.41) is 3.11. The molecule has 6 nitrogen and oxygen atoms in total. The van der Waals surface area contributed by atoms with Gasteiger partial charge < -0.3 is 5.32 Å². The second kappa shape index (κ2) is 10.5. The Morgan fingerprint density at radius 1 is 0.882 bits per heavy atom. The van der Waals surface area contributed by atoms with E-state index in [4.69, 9.17) is 11.6 Å². The third-order valence-electron chi connectivity index (χ3n) is 5.15. The molecule has 172 valence electrons. The monoisotopic (exact) mass is 491 g/mol. The standard InChI is InChI=1S/C26H22ClN3O3S/c27-24-13-4-5-14-25(24)30(19-20-8-2-1-3-9-20)34(32,33)23-12-6-11-22(16-23)26(31)29-18-21-10-7-15-28-17-21/h1-17H,18-19H2,(H,29,31). The molecule has 1 N–H and O–H groups in total. The summed E-state index contributed by atoms with van der Waals surface area (Å²) in [7, 11) is -4.04. The third kappa shape index (κ3) is 5.44. The number of pyridine rings is 1. The van der Waals surface area contributed by atoms with Crippen molar-refractivity contribution in [3.63, 3.8) is 0 Å². The smallest absolute Gasteiger partial charge is 0.264 e. The lowest BCUT2D eigenvalue weighted by Gasteiger charge is -2.26. The molecule has 1 heterocycles. The second-order valence-corrected chi connectivity index (χ2v) is 9.79. The van der Waals surface area contributed by atoms with E-state index in [0.717, 1.165) is 11.1 Å². The summed E-state index contributed by atoms with van der Waals surface area (Å²) >= 11 is 6.38. The first-order valence-corrected chi connectivity index (χ1v) is 12.4. The van der Waals surface area contributed by atoms with Gasteiger partial charge in [0.15, 0.2) is 0 Å². The first-order chi connectivity index (χ1) is 16.4. The Balaban J connectivity index is 1.65. The van der Waals surface area contributed by atoms with Crippen molar-refractivity contribution in [2.45, 2.75) is 18.0 Å². The van der Waals surface area contributed by atoms with Gasteiger partial charge in [0.1, 0.15) is 0 Å². The lowest BCUT2D eigenvalue weighted by Crippen LogP contribution is -2.31. The summed E-state index contributed by atoms with van der Waals surface area (Å²) in [6.07, 6.45) is 3.31. The molecule has 0 atom stereocenters. The molecule has 3 aromatic carbocycles. The SMILES string of the molecule is O=C(NCc1cccnc1)c1cccc(S(=O)(=O)N(Cc2ccccc2)c2ccccc2Cl)c1. The molecule has 34 heavy (non-hydrogen) atoms. The maximum absolute atomic E-state index is 13.8. The number of carbonyl (C=O) groups excluding carboxylic acids is 1. The van der Waals surface area contributed by atoms with E-state index in [9.17, 15) is 13.2 Å². The fourth-order valence-corrected chi connectivity index (χ4v) is 5.22. The van der Waals surface area contributed by atoms with Crippen molar-refractivity contribution in [2.75, 3.05) is 4.31 Å². The Kier molecular flexibility index (Phi) is 7.25. The number of benzene rings is 3. The Morgan fingerprint density at radius 3 is 2.35 bits per heavy atom. The molecule has 0 spiro atoms. The van der Waals surface area contributed by atoms with E-state index >= 15 is 0 Å². The molecule has 0 aliphatic carbocycles. The van der Waals surface area contributed by atoms with Gasteiger partial charge in [0.2, 0.25) is 0 Å². The maximum atomic E-state index is 13.8. The van der Waals surface area contributed by atoms with Gasteiger partial charge in [-0.25, -0.2) is 8.42 Å². The molecular formula is C26H22ClN3O3S. The Morgan fingerprint density at radius 2 is 1.62 bits per heavy atom. The first kappa shape index (κ1) is 23.5. The normalized spacial score (nSPS) is 11.1. The fraction of sp³-hybridized carbons (Fsp3) is 0.0769. The van der Waals surface area contributed by atoms with Crippen LogP contribution in [0.25, 0.3) is 0 Å². The number of carbonyl (C=O) groups is 1. The number of amides is 1. The average molecular weight is 492 g/mol. The molecule has 0 unspecified atom stereocenters. The van der Waals surface area contributed by atoms with Crippen molar-refractivity contribution in [1.29, 1.82) is 0 Å². The van der Waals surface area contributed by atoms with Gasteiger partial charge in [0.25, 0.3) is 15.9 Å². The topological polar surface area (TPSA) is 79.4 Å². The summed E-state index contributed by atoms with van der Waals surface area (Å²) in [5.74, 6) is -0.381. The highest BCUT2D eigenvalue weighted by atomic mass is 35.5. The van der Waals surface area contributed by atoms with Gasteiger partial charge in [-0.2, -0.15) is 0 Å². The number of hydrogen-bond donors (Lipinski definition) is 1. The van der Waals surface area contributed by atoms with Gasteiger partial charge in [-0.3, -0.25) is 14.1 Å². The van der Waals surface area contributed by atoms with E-state index in [1.54, 1.807) is 54.9 Å². The number of para-hydroxylation sites is 1. The first-order valence-electron chi connectivity index (χ1n) is 10.5. The molecule has 4 aromatic rings. The van der Waals surface area contributed by atoms with Crippen molar-refractivity contribution in [1.82, 2.24) is 10.3 Å². The number of sulfonamides is 1. The number of rotatable bonds is 8. The van der Waals surface area contributed by atoms with Crippen molar-refractivity contribution >= 4 is 33.2 Å². The van der Waals surface area contributed by atoms with Crippen LogP contribution in [0.5, 0.6) is 0 Å². The average Bonchev–Trinajstić information content (AvgIpc) is 2.87. The molecule has 0 saturated heterocycles. The van der Waals surface area contributed by atoms with Gasteiger partial charge in [-0.05, 0) is 47.5 Å². The quantitative estimate of drug-likeness (QED) is 0.373. The second-order valence-electron chi connectivity index (χ2n) is 7.52. The summed E-state index contributed by atoms with van der Waals surface area (Å²) in [5.41, 5.74) is 2.24. The maximum Gasteiger partial charge on any atom is 0.264 e. The van der Waals surface area contributed by atoms with Gasteiger partial charge in [-0.15, -0.1) is 0 Å². The summed E-state index contributed by atoms with van der Waals surface area (Å²) in [6, 6.07) is 25.7. The Labute approximate surface area is 203 Å². The number of aromatic nitrogens is 1. The van der Waals surface area contributed by atoms with Gasteiger partial charge in [-0.1, -0.05) is 66.2 Å². The predicted molar refractivity (Wildman–Crippen MR) is 133 cm³/mol. The van der Waals surface area contributed by atoms with Crippen LogP contribution in [-0.2, 0) is 23.1 Å². The van der Waals surface area contributed by atoms with E-state index < -0.39 is 10.0 Å². The molecule has 8 heteroatoms. The number of hydrogen-bond acceptors (Lipinski definition) is 4. The van der Waals surface area contributed by atoms with Gasteiger partial charge >= 0.3 is 0 Å². The van der Waals surface area contributed by atoms with Crippen LogP contribution in [0.15, 0.2) is 108 Å². The zero-order chi connectivity index (χ0) is 24.0. The minimum atomic E-state index is -4.04. The molecule has 0 fully saturated rings. The minimum absolute atomic E-state index is 0.00243. The molecule has 0 bridgehead atoms. The fourth-order valence-electron chi connectivity index (χ4n) is 3.41. The molecule has 0 radical (unpaired) electrons. The van der Waals surface area contributed by atoms with Crippen LogP contribution in [0.4, 0.5) is 5.69 Å². The zero-order valence-corrected chi connectivity index (χ0v) is 19.7. The highest BCUT2D eigenvalue weighted by Gasteiger charge is 2.27. The van der Waals surface area contributed by atoms with Crippen LogP contribution in [-0.4, -0.2) is 19.3 Å². The molecule has 0 aliphatic heterocycles. The van der Waals surface area contributed by atoms with Crippen LogP contribution >= 0.6 is 11.6 Å². The van der Waals surface area contributed by atoms with E-state index in [1.165, 1.54) is 16.4 Å². The molecule has 1 aromatic heterocycles. The predicted octanol–water partition coefficient (Wildman–Crippen LogP) is 5.06. The van der Waals surface area contributed by atoms with Crippen molar-refractivity contribution in [2.24, 2.45) is 0 Å². The van der Waals surface area contributed by atoms with E-state index in [2.05, 4.69) is 10.3 Å². The molecule has 1 amide bonds. The highest BCUT2D eigenvalue weighted by molar-refractivity contribution is 7.92. The zero-order valence-electron chi connectivity index (χ0n) is 18.1. The lowest BCUT2D eigenvalue weighted by atomic mass is 10.2. The van der Waals surface area contributed by atoms with Crippen molar-refractivity contribution in [3.05, 3.63) is 125 Å². The van der Waals surface area contributed by atoms with Crippen molar-refractivity contribution in [3.8, 4) is 0 Å². The largest absolute Gasteiger partial charge is 0.348 e. The summed E-state index contributed by atoms with van der Waals surface area (Å²) in [6.45, 7) is 0.369. The van der Waals surface area contributed by atoms with Gasteiger partial charge in [0, 0.05) is 24.5 Å². The molecule has 0 saturated carbocycles. The van der Waals surface area contributed by atoms with Gasteiger partial charge in [0.05, 0.1) is 22.2 Å². The molecule has 4 rings (SSSR count). The minimum Gasteiger partial charge on any atom is -0.348 e. The van der Waals surface area contributed by atoms with E-state index in [1.807, 2.05) is 36.4 Å². The van der Waals surface area contributed by atoms with Crippen LogP contribution in [0, 0.1) is 0 Å². The van der Waals surface area contributed by atoms with E-state index in [-0.39, 0.29) is 29.5 Å². The summed E-state index contributed by atoms with van der Waals surface area (Å²) < 4.78 is 28.8. The molecular weight excluding hydrogens is 470 g/mol. The summed E-state index contributed by atoms with van der Waals surface area (Å²) in [4.78, 5) is 16.7. The van der Waals surface area contributed by atoms with Crippen molar-refractivity contribution < 1.29 is 13.2 Å². The highest BCUT2D eigenvalue weighted by Crippen LogP contribution is 2.32. The number of anilines is 1. The number of nitrogens with one attached hydrogen (secondary N) is 1.